The highest BCUT2D eigenvalue weighted by Crippen LogP contribution is 2.38. The van der Waals surface area contributed by atoms with Gasteiger partial charge in [-0.1, -0.05) is 13.8 Å². The highest BCUT2D eigenvalue weighted by Gasteiger charge is 2.38. The van der Waals surface area contributed by atoms with Crippen molar-refractivity contribution in [1.29, 1.82) is 0 Å². The molecule has 58 valence electrons. The van der Waals surface area contributed by atoms with Crippen molar-refractivity contribution in [2.45, 2.75) is 20.3 Å². The molecule has 1 aliphatic carbocycles. The third-order valence-corrected chi connectivity index (χ3v) is 3.16. The normalized spacial score (nSPS) is 20.4. The van der Waals surface area contributed by atoms with Crippen LogP contribution in [0.4, 0.5) is 0 Å². The van der Waals surface area contributed by atoms with Gasteiger partial charge in [0.05, 0.1) is 4.88 Å². The van der Waals surface area contributed by atoms with Crippen molar-refractivity contribution in [2.75, 3.05) is 0 Å². The van der Waals surface area contributed by atoms with Crippen LogP contribution in [0.2, 0.25) is 0 Å². The molecule has 2 rings (SSSR count). The van der Waals surface area contributed by atoms with Crippen LogP contribution in [0.3, 0.4) is 0 Å². The zero-order valence-electron chi connectivity index (χ0n) is 6.68. The molecule has 0 fully saturated rings. The van der Waals surface area contributed by atoms with E-state index in [2.05, 4.69) is 6.07 Å². The minimum absolute atomic E-state index is 0.136. The van der Waals surface area contributed by atoms with Gasteiger partial charge in [-0.25, -0.2) is 0 Å². The molecule has 0 atom stereocenters. The number of Topliss-reactive ketones (excluding diaryl/α,β-unsaturated/α-hetero) is 1. The summed E-state index contributed by atoms with van der Waals surface area (Å²) >= 11 is 1.57. The zero-order chi connectivity index (χ0) is 8.06. The maximum absolute atomic E-state index is 11.6. The van der Waals surface area contributed by atoms with E-state index in [1.807, 2.05) is 19.2 Å². The molecule has 0 amide bonds. The SMILES string of the molecule is CC1(C)Cc2ccsc2C1=O. The Morgan fingerprint density at radius 1 is 1.55 bits per heavy atom. The molecule has 0 aliphatic heterocycles. The van der Waals surface area contributed by atoms with Crippen molar-refractivity contribution in [1.82, 2.24) is 0 Å². The molecular weight excluding hydrogens is 156 g/mol. The lowest BCUT2D eigenvalue weighted by atomic mass is 9.90. The first-order chi connectivity index (χ1) is 5.11. The standard InChI is InChI=1S/C9H10OS/c1-9(2)5-6-3-4-11-7(6)8(9)10/h3-4H,5H2,1-2H3. The Kier molecular flexibility index (Phi) is 1.25. The summed E-state index contributed by atoms with van der Waals surface area (Å²) in [6, 6.07) is 2.06. The average molecular weight is 166 g/mol. The second-order valence-electron chi connectivity index (χ2n) is 3.66. The van der Waals surface area contributed by atoms with E-state index in [0.717, 1.165) is 11.3 Å². The van der Waals surface area contributed by atoms with Crippen molar-refractivity contribution in [2.24, 2.45) is 5.41 Å². The van der Waals surface area contributed by atoms with E-state index in [0.29, 0.717) is 5.78 Å². The summed E-state index contributed by atoms with van der Waals surface area (Å²) in [6.45, 7) is 4.03. The van der Waals surface area contributed by atoms with Crippen molar-refractivity contribution in [3.63, 3.8) is 0 Å². The van der Waals surface area contributed by atoms with Crippen LogP contribution in [0.1, 0.15) is 29.1 Å². The molecule has 0 aromatic carbocycles. The van der Waals surface area contributed by atoms with Crippen LogP contribution in [0.25, 0.3) is 0 Å². The van der Waals surface area contributed by atoms with E-state index in [1.54, 1.807) is 11.3 Å². The molecule has 0 saturated carbocycles. The van der Waals surface area contributed by atoms with Gasteiger partial charge >= 0.3 is 0 Å². The van der Waals surface area contributed by atoms with E-state index in [9.17, 15) is 4.79 Å². The number of fused-ring (bicyclic) bond motifs is 1. The highest BCUT2D eigenvalue weighted by atomic mass is 32.1. The Balaban J connectivity index is 2.54. The van der Waals surface area contributed by atoms with Gasteiger partial charge in [0, 0.05) is 5.41 Å². The summed E-state index contributed by atoms with van der Waals surface area (Å²) in [5, 5.41) is 2.00. The molecule has 0 bridgehead atoms. The van der Waals surface area contributed by atoms with Gasteiger partial charge in [-0.2, -0.15) is 0 Å². The summed E-state index contributed by atoms with van der Waals surface area (Å²) in [5.74, 6) is 0.322. The first-order valence-corrected chi connectivity index (χ1v) is 4.60. The Morgan fingerprint density at radius 3 is 2.91 bits per heavy atom. The average Bonchev–Trinajstić information content (AvgIpc) is 2.39. The molecule has 1 aliphatic rings. The van der Waals surface area contributed by atoms with E-state index in [4.69, 9.17) is 0 Å². The summed E-state index contributed by atoms with van der Waals surface area (Å²) in [7, 11) is 0. The Hall–Kier alpha value is -0.630. The molecule has 1 heterocycles. The predicted molar refractivity (Wildman–Crippen MR) is 46.1 cm³/mol. The van der Waals surface area contributed by atoms with Gasteiger partial charge in [0.2, 0.25) is 0 Å². The highest BCUT2D eigenvalue weighted by molar-refractivity contribution is 7.12. The molecule has 1 aromatic heterocycles. The maximum Gasteiger partial charge on any atom is 0.178 e. The van der Waals surface area contributed by atoms with Gasteiger partial charge in [0.25, 0.3) is 0 Å². The molecular formula is C9H10OS. The number of thiophene rings is 1. The van der Waals surface area contributed by atoms with Crippen LogP contribution >= 0.6 is 11.3 Å². The lowest BCUT2D eigenvalue weighted by Gasteiger charge is -2.13. The molecule has 2 heteroatoms. The monoisotopic (exact) mass is 166 g/mol. The van der Waals surface area contributed by atoms with Crippen LogP contribution < -0.4 is 0 Å². The molecule has 0 saturated heterocycles. The summed E-state index contributed by atoms with van der Waals surface area (Å²) in [5.41, 5.74) is 1.10. The van der Waals surface area contributed by atoms with Crippen molar-refractivity contribution in [3.05, 3.63) is 21.9 Å². The second-order valence-corrected chi connectivity index (χ2v) is 4.58. The Morgan fingerprint density at radius 2 is 2.27 bits per heavy atom. The summed E-state index contributed by atoms with van der Waals surface area (Å²) < 4.78 is 0. The molecule has 0 spiro atoms. The molecule has 1 nitrogen and oxygen atoms in total. The summed E-state index contributed by atoms with van der Waals surface area (Å²) in [6.07, 6.45) is 0.921. The molecule has 1 aromatic rings. The number of ketones is 1. The van der Waals surface area contributed by atoms with Crippen molar-refractivity contribution in [3.8, 4) is 0 Å². The van der Waals surface area contributed by atoms with E-state index < -0.39 is 0 Å². The van der Waals surface area contributed by atoms with Gasteiger partial charge < -0.3 is 0 Å². The van der Waals surface area contributed by atoms with Gasteiger partial charge in [0.1, 0.15) is 0 Å². The Bertz CT molecular complexity index is 309. The lowest BCUT2D eigenvalue weighted by Crippen LogP contribution is -2.18. The van der Waals surface area contributed by atoms with Crippen molar-refractivity contribution >= 4 is 17.1 Å². The molecule has 11 heavy (non-hydrogen) atoms. The van der Waals surface area contributed by atoms with Crippen LogP contribution in [-0.4, -0.2) is 5.78 Å². The fourth-order valence-corrected chi connectivity index (χ4v) is 2.58. The van der Waals surface area contributed by atoms with E-state index in [1.165, 1.54) is 5.56 Å². The number of hydrogen-bond donors (Lipinski definition) is 0. The smallest absolute Gasteiger partial charge is 0.178 e. The van der Waals surface area contributed by atoms with Gasteiger partial charge in [-0.3, -0.25) is 4.79 Å². The first kappa shape index (κ1) is 7.04. The van der Waals surface area contributed by atoms with Crippen LogP contribution in [0, 0.1) is 5.41 Å². The fourth-order valence-electron chi connectivity index (χ4n) is 1.54. The lowest BCUT2D eigenvalue weighted by molar-refractivity contribution is 0.0867. The van der Waals surface area contributed by atoms with Crippen LogP contribution in [0.5, 0.6) is 0 Å². The molecule has 0 unspecified atom stereocenters. The maximum atomic E-state index is 11.6. The number of rotatable bonds is 0. The Labute approximate surface area is 70.1 Å². The van der Waals surface area contributed by atoms with Gasteiger partial charge in [-0.05, 0) is 23.4 Å². The third-order valence-electron chi connectivity index (χ3n) is 2.20. The second kappa shape index (κ2) is 1.95. The van der Waals surface area contributed by atoms with E-state index in [-0.39, 0.29) is 5.41 Å². The predicted octanol–water partition coefficient (Wildman–Crippen LogP) is 2.51. The minimum atomic E-state index is -0.136. The number of carbonyl (C=O) groups is 1. The first-order valence-electron chi connectivity index (χ1n) is 3.72. The van der Waals surface area contributed by atoms with Gasteiger partial charge in [-0.15, -0.1) is 11.3 Å². The zero-order valence-corrected chi connectivity index (χ0v) is 7.49. The molecule has 0 radical (unpaired) electrons. The van der Waals surface area contributed by atoms with Crippen LogP contribution in [0.15, 0.2) is 11.4 Å². The largest absolute Gasteiger partial charge is 0.293 e. The number of carbonyl (C=O) groups excluding carboxylic acids is 1. The topological polar surface area (TPSA) is 17.1 Å². The molecule has 0 N–H and O–H groups in total. The fraction of sp³-hybridized carbons (Fsp3) is 0.444. The minimum Gasteiger partial charge on any atom is -0.293 e. The van der Waals surface area contributed by atoms with E-state index >= 15 is 0 Å². The third kappa shape index (κ3) is 0.857. The quantitative estimate of drug-likeness (QED) is 0.578. The summed E-state index contributed by atoms with van der Waals surface area (Å²) in [4.78, 5) is 12.6. The van der Waals surface area contributed by atoms with Crippen molar-refractivity contribution < 1.29 is 4.79 Å². The van der Waals surface area contributed by atoms with Crippen LogP contribution in [-0.2, 0) is 6.42 Å². The van der Waals surface area contributed by atoms with Gasteiger partial charge in [0.15, 0.2) is 5.78 Å². The number of hydrogen-bond acceptors (Lipinski definition) is 2.